The smallest absolute Gasteiger partial charge is 0.0683 e. The highest BCUT2D eigenvalue weighted by Gasteiger charge is 2.42. The van der Waals surface area contributed by atoms with Gasteiger partial charge in [-0.3, -0.25) is 0 Å². The van der Waals surface area contributed by atoms with Crippen molar-refractivity contribution in [3.8, 4) is 40.5 Å². The number of hydrogen-bond donors (Lipinski definition) is 0. The highest BCUT2D eigenvalue weighted by Crippen LogP contribution is 2.55. The monoisotopic (exact) mass is 1090 g/mol. The number of fused-ring (bicyclic) bond motifs is 6. The van der Waals surface area contributed by atoms with Gasteiger partial charge in [-0.05, 0) is 180 Å². The summed E-state index contributed by atoms with van der Waals surface area (Å²) < 4.78 is 4.56. The molecule has 306 valence electrons. The molecule has 0 aromatic heterocycles. The number of hydrogen-bond acceptors (Lipinski definition) is 3. The molecule has 8 heteroatoms. The average molecular weight is 1100 g/mol. The summed E-state index contributed by atoms with van der Waals surface area (Å²) in [6.45, 7) is 12.1. The van der Waals surface area contributed by atoms with Crippen molar-refractivity contribution in [2.24, 2.45) is 16.2 Å². The lowest BCUT2D eigenvalue weighted by Gasteiger charge is -2.33. The molecule has 0 N–H and O–H groups in total. The molecule has 0 saturated heterocycles. The lowest BCUT2D eigenvalue weighted by molar-refractivity contribution is 0.358. The molecule has 0 amide bonds. The fraction of sp³-hybridized carbons (Fsp3) is 0.460. The molecule has 0 atom stereocenters. The summed E-state index contributed by atoms with van der Waals surface area (Å²) >= 11 is 17.8. The third kappa shape index (κ3) is 13.1. The maximum absolute atomic E-state index is 9.42. The molecule has 0 heterocycles. The van der Waals surface area contributed by atoms with E-state index in [1.165, 1.54) is 50.9 Å². The van der Waals surface area contributed by atoms with E-state index in [0.29, 0.717) is 0 Å². The number of benzene rings is 4. The van der Waals surface area contributed by atoms with E-state index in [4.69, 9.17) is 5.26 Å². The topological polar surface area (TPSA) is 71.4 Å². The first kappa shape index (κ1) is 48.4. The fourth-order valence-corrected chi connectivity index (χ4v) is 10.0. The van der Waals surface area contributed by atoms with E-state index in [1.54, 1.807) is 0 Å². The summed E-state index contributed by atoms with van der Waals surface area (Å²) in [4.78, 5) is 0. The van der Waals surface area contributed by atoms with E-state index < -0.39 is 0 Å². The van der Waals surface area contributed by atoms with Crippen molar-refractivity contribution in [1.82, 2.24) is 0 Å². The predicted molar refractivity (Wildman–Crippen MR) is 261 cm³/mol. The van der Waals surface area contributed by atoms with Crippen LogP contribution in [0.5, 0.6) is 0 Å². The van der Waals surface area contributed by atoms with Crippen LogP contribution >= 0.6 is 79.6 Å². The van der Waals surface area contributed by atoms with Gasteiger partial charge in [0.05, 0.1) is 34.5 Å². The maximum Gasteiger partial charge on any atom is 0.0683 e. The molecule has 0 saturated carbocycles. The molecule has 2 aliphatic rings. The minimum Gasteiger partial charge on any atom is -0.198 e. The SMILES string of the molecule is Brc1ccc2c(c1)Cc1cc(Br)ccc1-2.CC(C)(C#N)CCCCBr.CC(C)(C#N)CCCCC1(CCCCC(C)(C)C#N)c2cc(Br)ccc2-c2ccc(Br)cc21. The van der Waals surface area contributed by atoms with Crippen LogP contribution in [0.2, 0.25) is 0 Å². The van der Waals surface area contributed by atoms with E-state index >= 15 is 0 Å². The molecule has 0 spiro atoms. The zero-order chi connectivity index (χ0) is 42.7. The van der Waals surface area contributed by atoms with Crippen molar-refractivity contribution in [2.45, 2.75) is 124 Å². The quantitative estimate of drug-likeness (QED) is 0.0822. The van der Waals surface area contributed by atoms with Gasteiger partial charge in [0, 0.05) is 28.6 Å². The number of nitriles is 3. The van der Waals surface area contributed by atoms with Gasteiger partial charge in [0.25, 0.3) is 0 Å². The average Bonchev–Trinajstić information content (AvgIpc) is 3.66. The molecule has 2 aliphatic carbocycles. The van der Waals surface area contributed by atoms with Gasteiger partial charge in [0.15, 0.2) is 0 Å². The molecule has 0 bridgehead atoms. The van der Waals surface area contributed by atoms with Crippen LogP contribution in [-0.4, -0.2) is 5.33 Å². The lowest BCUT2D eigenvalue weighted by Crippen LogP contribution is -2.26. The van der Waals surface area contributed by atoms with Gasteiger partial charge in [-0.25, -0.2) is 0 Å². The highest BCUT2D eigenvalue weighted by molar-refractivity contribution is 9.11. The highest BCUT2D eigenvalue weighted by atomic mass is 79.9. The van der Waals surface area contributed by atoms with Gasteiger partial charge in [-0.2, -0.15) is 15.8 Å². The lowest BCUT2D eigenvalue weighted by atomic mass is 9.70. The first-order chi connectivity index (χ1) is 27.4. The van der Waals surface area contributed by atoms with Gasteiger partial charge in [-0.15, -0.1) is 0 Å². The molecule has 4 aromatic rings. The Morgan fingerprint density at radius 1 is 0.483 bits per heavy atom. The van der Waals surface area contributed by atoms with Crippen molar-refractivity contribution in [3.05, 3.63) is 113 Å². The van der Waals surface area contributed by atoms with Gasteiger partial charge in [-0.1, -0.05) is 136 Å². The summed E-state index contributed by atoms with van der Waals surface area (Å²) in [6, 6.07) is 33.6. The first-order valence-electron chi connectivity index (χ1n) is 20.4. The summed E-state index contributed by atoms with van der Waals surface area (Å²) in [5, 5.41) is 28.5. The second-order valence-corrected chi connectivity index (χ2v) is 22.2. The Morgan fingerprint density at radius 3 is 1.16 bits per heavy atom. The van der Waals surface area contributed by atoms with Crippen LogP contribution in [0.25, 0.3) is 22.3 Å². The van der Waals surface area contributed by atoms with Crippen molar-refractivity contribution in [2.75, 3.05) is 5.33 Å². The van der Waals surface area contributed by atoms with Crippen molar-refractivity contribution < 1.29 is 0 Å². The Bertz CT molecular complexity index is 2030. The van der Waals surface area contributed by atoms with Gasteiger partial charge in [0.2, 0.25) is 0 Å². The predicted octanol–water partition coefficient (Wildman–Crippen LogP) is 17.6. The van der Waals surface area contributed by atoms with Crippen molar-refractivity contribution >= 4 is 79.6 Å². The number of rotatable bonds is 14. The number of unbranched alkanes of at least 4 members (excludes halogenated alkanes) is 3. The van der Waals surface area contributed by atoms with Crippen LogP contribution in [0.4, 0.5) is 0 Å². The largest absolute Gasteiger partial charge is 0.198 e. The maximum atomic E-state index is 9.42. The summed E-state index contributed by atoms with van der Waals surface area (Å²) in [6.07, 6.45) is 12.6. The minimum atomic E-state index is -0.270. The number of nitrogens with zero attached hydrogens (tertiary/aromatic N) is 3. The zero-order valence-electron chi connectivity index (χ0n) is 34.9. The van der Waals surface area contributed by atoms with E-state index in [1.807, 2.05) is 41.5 Å². The molecule has 6 rings (SSSR count). The Labute approximate surface area is 391 Å². The summed E-state index contributed by atoms with van der Waals surface area (Å²) in [5.74, 6) is 0. The molecular weight excluding hydrogens is 1040 g/mol. The Kier molecular flexibility index (Phi) is 18.0. The standard InChI is InChI=1S/C29H34Br2N2.C13H8Br2.C8H14BrN/c1-27(2,19-32)13-5-7-15-29(16-8-6-14-28(3,4)20-33)25-17-21(30)9-11-23(25)24-12-10-22(31)18-26(24)29;14-10-1-3-12-8(6-10)5-9-7-11(15)2-4-13(9)12;1-8(2,7-10)5-3-4-6-9/h9-12,17-18H,5-8,13-16H2,1-4H3;1-4,6-7H,5H2;3-6H2,1-2H3. The van der Waals surface area contributed by atoms with Crippen LogP contribution in [0.1, 0.15) is 134 Å². The fourth-order valence-electron chi connectivity index (χ4n) is 8.07. The molecule has 3 nitrogen and oxygen atoms in total. The molecular formula is C50H56Br5N3. The molecule has 0 aliphatic heterocycles. The van der Waals surface area contributed by atoms with Gasteiger partial charge >= 0.3 is 0 Å². The van der Waals surface area contributed by atoms with E-state index in [2.05, 4.69) is 171 Å². The molecule has 0 fully saturated rings. The van der Waals surface area contributed by atoms with E-state index in [9.17, 15) is 10.5 Å². The van der Waals surface area contributed by atoms with Gasteiger partial charge < -0.3 is 0 Å². The Hall–Kier alpha value is -2.25. The van der Waals surface area contributed by atoms with E-state index in [0.717, 1.165) is 93.9 Å². The summed E-state index contributed by atoms with van der Waals surface area (Å²) in [5.41, 5.74) is 10.4. The number of alkyl halides is 1. The molecule has 0 unspecified atom stereocenters. The van der Waals surface area contributed by atoms with Crippen LogP contribution in [0.15, 0.2) is 90.7 Å². The van der Waals surface area contributed by atoms with Crippen molar-refractivity contribution in [3.63, 3.8) is 0 Å². The molecule has 4 aromatic carbocycles. The van der Waals surface area contributed by atoms with Crippen LogP contribution in [-0.2, 0) is 11.8 Å². The molecule has 58 heavy (non-hydrogen) atoms. The normalized spacial score (nSPS) is 13.2. The second kappa shape index (κ2) is 21.5. The van der Waals surface area contributed by atoms with Crippen molar-refractivity contribution in [1.29, 1.82) is 15.8 Å². The zero-order valence-corrected chi connectivity index (χ0v) is 42.8. The third-order valence-electron chi connectivity index (χ3n) is 11.5. The van der Waals surface area contributed by atoms with Gasteiger partial charge in [0.1, 0.15) is 0 Å². The Morgan fingerprint density at radius 2 is 0.810 bits per heavy atom. The Balaban J connectivity index is 0.000000242. The van der Waals surface area contributed by atoms with Crippen LogP contribution in [0, 0.1) is 50.2 Å². The number of halogens is 5. The molecule has 0 radical (unpaired) electrons. The van der Waals surface area contributed by atoms with Crippen LogP contribution in [0.3, 0.4) is 0 Å². The van der Waals surface area contributed by atoms with E-state index in [-0.39, 0.29) is 21.7 Å². The minimum absolute atomic E-state index is 0.0359. The first-order valence-corrected chi connectivity index (χ1v) is 24.7. The third-order valence-corrected chi connectivity index (χ3v) is 14.0. The van der Waals surface area contributed by atoms with Crippen LogP contribution < -0.4 is 0 Å². The second-order valence-electron chi connectivity index (χ2n) is 17.8. The summed E-state index contributed by atoms with van der Waals surface area (Å²) in [7, 11) is 0.